The Morgan fingerprint density at radius 2 is 1.74 bits per heavy atom. The number of aromatic nitrogens is 3. The minimum absolute atomic E-state index is 0.469. The fourth-order valence-corrected chi connectivity index (χ4v) is 6.10. The molecule has 0 amide bonds. The fourth-order valence-electron chi connectivity index (χ4n) is 6.10. The van der Waals surface area contributed by atoms with Gasteiger partial charge in [0.1, 0.15) is 17.8 Å². The van der Waals surface area contributed by atoms with Gasteiger partial charge in [-0.2, -0.15) is 0 Å². The zero-order chi connectivity index (χ0) is 26.1. The van der Waals surface area contributed by atoms with E-state index in [1.165, 1.54) is 43.4 Å². The van der Waals surface area contributed by atoms with Crippen molar-refractivity contribution in [3.8, 4) is 23.1 Å². The van der Waals surface area contributed by atoms with Gasteiger partial charge in [-0.05, 0) is 74.9 Å². The van der Waals surface area contributed by atoms with Crippen LogP contribution in [0, 0.1) is 17.3 Å². The normalized spacial score (nSPS) is 19.2. The van der Waals surface area contributed by atoms with Gasteiger partial charge in [-0.25, -0.2) is 9.97 Å². The lowest BCUT2D eigenvalue weighted by atomic mass is 9.71. The minimum Gasteiger partial charge on any atom is -0.371 e. The van der Waals surface area contributed by atoms with Crippen LogP contribution < -0.4 is 9.80 Å². The molecule has 38 heavy (non-hydrogen) atoms. The first-order valence-electron chi connectivity index (χ1n) is 14.0. The van der Waals surface area contributed by atoms with Crippen molar-refractivity contribution in [2.75, 3.05) is 69.7 Å². The quantitative estimate of drug-likeness (QED) is 0.508. The fraction of sp³-hybridized carbons (Fsp3) is 0.484. The van der Waals surface area contributed by atoms with E-state index in [-0.39, 0.29) is 0 Å². The van der Waals surface area contributed by atoms with Gasteiger partial charge in [0.15, 0.2) is 0 Å². The Bertz CT molecular complexity index is 1340. The molecule has 7 heteroatoms. The molecule has 0 bridgehead atoms. The second-order valence-corrected chi connectivity index (χ2v) is 11.5. The van der Waals surface area contributed by atoms with Crippen molar-refractivity contribution in [1.82, 2.24) is 24.8 Å². The highest BCUT2D eigenvalue weighted by atomic mass is 15.2. The number of hydrogen-bond donors (Lipinski definition) is 1. The summed E-state index contributed by atoms with van der Waals surface area (Å²) in [6.45, 7) is 11.6. The van der Waals surface area contributed by atoms with Crippen molar-refractivity contribution in [2.24, 2.45) is 5.41 Å². The van der Waals surface area contributed by atoms with E-state index in [4.69, 9.17) is 0 Å². The SMILES string of the molecule is C=C(C#CCN1CCC2(CC1)CN(c1ccc(-c3cc4c(N5CCCCC5)ncnc4[nH]3)cc1)C2)N(C)C. The molecule has 6 rings (SSSR count). The third-order valence-corrected chi connectivity index (χ3v) is 8.65. The van der Waals surface area contributed by atoms with Crippen LogP contribution >= 0.6 is 0 Å². The van der Waals surface area contributed by atoms with Crippen molar-refractivity contribution in [2.45, 2.75) is 32.1 Å². The van der Waals surface area contributed by atoms with Crippen molar-refractivity contribution in [1.29, 1.82) is 0 Å². The zero-order valence-electron chi connectivity index (χ0n) is 22.8. The van der Waals surface area contributed by atoms with Gasteiger partial charge in [0.25, 0.3) is 0 Å². The molecule has 2 aromatic heterocycles. The zero-order valence-corrected chi connectivity index (χ0v) is 22.8. The molecule has 0 aliphatic carbocycles. The molecule has 5 heterocycles. The average Bonchev–Trinajstić information content (AvgIpc) is 3.37. The maximum Gasteiger partial charge on any atom is 0.143 e. The molecule has 0 radical (unpaired) electrons. The highest BCUT2D eigenvalue weighted by molar-refractivity contribution is 5.92. The van der Waals surface area contributed by atoms with E-state index in [0.717, 1.165) is 74.1 Å². The largest absolute Gasteiger partial charge is 0.371 e. The Morgan fingerprint density at radius 1 is 1.00 bits per heavy atom. The van der Waals surface area contributed by atoms with Gasteiger partial charge < -0.3 is 19.7 Å². The number of fused-ring (bicyclic) bond motifs is 1. The van der Waals surface area contributed by atoms with E-state index < -0.39 is 0 Å². The van der Waals surface area contributed by atoms with E-state index in [1.807, 2.05) is 19.0 Å². The summed E-state index contributed by atoms with van der Waals surface area (Å²) in [6.07, 6.45) is 8.00. The molecule has 3 aliphatic heterocycles. The summed E-state index contributed by atoms with van der Waals surface area (Å²) in [7, 11) is 3.97. The van der Waals surface area contributed by atoms with Crippen molar-refractivity contribution < 1.29 is 0 Å². The summed E-state index contributed by atoms with van der Waals surface area (Å²) >= 11 is 0. The number of aromatic amines is 1. The monoisotopic (exact) mass is 509 g/mol. The summed E-state index contributed by atoms with van der Waals surface area (Å²) in [4.78, 5) is 22.1. The molecule has 1 N–H and O–H groups in total. The first kappa shape index (κ1) is 24.8. The van der Waals surface area contributed by atoms with Gasteiger partial charge in [0.2, 0.25) is 0 Å². The van der Waals surface area contributed by atoms with Gasteiger partial charge in [0, 0.05) is 57.1 Å². The molecule has 198 valence electrons. The average molecular weight is 510 g/mol. The van der Waals surface area contributed by atoms with Crippen LogP contribution in [0.3, 0.4) is 0 Å². The molecule has 7 nitrogen and oxygen atoms in total. The number of nitrogens with one attached hydrogen (secondary N) is 1. The summed E-state index contributed by atoms with van der Waals surface area (Å²) < 4.78 is 0. The number of H-pyrrole nitrogens is 1. The predicted octanol–water partition coefficient (Wildman–Crippen LogP) is 4.60. The lowest BCUT2D eigenvalue weighted by molar-refractivity contribution is 0.0840. The smallest absolute Gasteiger partial charge is 0.143 e. The van der Waals surface area contributed by atoms with Crippen molar-refractivity contribution >= 4 is 22.5 Å². The van der Waals surface area contributed by atoms with E-state index in [9.17, 15) is 0 Å². The number of likely N-dealkylation sites (tertiary alicyclic amines) is 1. The van der Waals surface area contributed by atoms with Crippen LogP contribution in [0.2, 0.25) is 0 Å². The van der Waals surface area contributed by atoms with Crippen LogP contribution in [0.4, 0.5) is 11.5 Å². The van der Waals surface area contributed by atoms with Crippen LogP contribution in [0.15, 0.2) is 48.9 Å². The first-order chi connectivity index (χ1) is 18.5. The second kappa shape index (κ2) is 10.3. The topological polar surface area (TPSA) is 54.5 Å². The van der Waals surface area contributed by atoms with E-state index in [0.29, 0.717) is 5.41 Å². The summed E-state index contributed by atoms with van der Waals surface area (Å²) in [5.41, 5.74) is 5.88. The number of anilines is 2. The van der Waals surface area contributed by atoms with Crippen LogP contribution in [-0.2, 0) is 0 Å². The molecule has 0 unspecified atom stereocenters. The number of hydrogen-bond acceptors (Lipinski definition) is 6. The molecule has 3 fully saturated rings. The predicted molar refractivity (Wildman–Crippen MR) is 156 cm³/mol. The number of rotatable bonds is 5. The number of allylic oxidation sites excluding steroid dienone is 1. The van der Waals surface area contributed by atoms with Crippen LogP contribution in [0.25, 0.3) is 22.3 Å². The molecule has 1 spiro atoms. The standard InChI is InChI=1S/C31H39N7/c1-24(35(2)3)8-7-15-36-18-13-31(14-19-36)21-38(22-31)26-11-9-25(10-12-26)28-20-27-29(34-28)32-23-33-30(27)37-16-5-4-6-17-37/h9-12,20,23H,1,4-6,13-19,21-22H2,2-3H3,(H,32,33,34). The van der Waals surface area contributed by atoms with Crippen molar-refractivity contribution in [3.63, 3.8) is 0 Å². The van der Waals surface area contributed by atoms with Gasteiger partial charge >= 0.3 is 0 Å². The Balaban J connectivity index is 1.06. The van der Waals surface area contributed by atoms with E-state index in [2.05, 4.69) is 78.4 Å². The second-order valence-electron chi connectivity index (χ2n) is 11.5. The Hall–Kier alpha value is -3.50. The third-order valence-electron chi connectivity index (χ3n) is 8.65. The van der Waals surface area contributed by atoms with Gasteiger partial charge in [0.05, 0.1) is 17.6 Å². The minimum atomic E-state index is 0.469. The van der Waals surface area contributed by atoms with Gasteiger partial charge in [-0.15, -0.1) is 0 Å². The number of benzene rings is 1. The van der Waals surface area contributed by atoms with Crippen LogP contribution in [0.1, 0.15) is 32.1 Å². The summed E-state index contributed by atoms with van der Waals surface area (Å²) in [5.74, 6) is 7.53. The lowest BCUT2D eigenvalue weighted by Crippen LogP contribution is -2.60. The van der Waals surface area contributed by atoms with Crippen LogP contribution in [0.5, 0.6) is 0 Å². The number of piperidine rings is 2. The van der Waals surface area contributed by atoms with Crippen molar-refractivity contribution in [3.05, 3.63) is 48.9 Å². The van der Waals surface area contributed by atoms with E-state index >= 15 is 0 Å². The maximum atomic E-state index is 4.64. The number of nitrogens with zero attached hydrogens (tertiary/aromatic N) is 6. The molecule has 3 aromatic rings. The van der Waals surface area contributed by atoms with Gasteiger partial charge in [-0.1, -0.05) is 24.6 Å². The summed E-state index contributed by atoms with van der Waals surface area (Å²) in [6, 6.07) is 11.2. The lowest BCUT2D eigenvalue weighted by Gasteiger charge is -2.55. The molecule has 0 atom stereocenters. The molecule has 0 saturated carbocycles. The molecular formula is C31H39N7. The van der Waals surface area contributed by atoms with Gasteiger partial charge in [-0.3, -0.25) is 4.90 Å². The molecular weight excluding hydrogens is 470 g/mol. The van der Waals surface area contributed by atoms with Crippen LogP contribution in [-0.4, -0.2) is 84.7 Å². The molecule has 3 saturated heterocycles. The third kappa shape index (κ3) is 4.98. The highest BCUT2D eigenvalue weighted by Gasteiger charge is 2.44. The molecule has 1 aromatic carbocycles. The Kier molecular flexibility index (Phi) is 6.75. The highest BCUT2D eigenvalue weighted by Crippen LogP contribution is 2.43. The van der Waals surface area contributed by atoms with E-state index in [1.54, 1.807) is 6.33 Å². The molecule has 3 aliphatic rings. The summed E-state index contributed by atoms with van der Waals surface area (Å²) in [5, 5.41) is 1.12. The Labute approximate surface area is 226 Å². The maximum absolute atomic E-state index is 4.64. The first-order valence-corrected chi connectivity index (χ1v) is 14.0. The Morgan fingerprint density at radius 3 is 2.45 bits per heavy atom.